The molecule has 0 aliphatic carbocycles. The van der Waals surface area contributed by atoms with Crippen molar-refractivity contribution in [1.29, 1.82) is 0 Å². The van der Waals surface area contributed by atoms with Crippen LogP contribution in [-0.2, 0) is 16.3 Å². The summed E-state index contributed by atoms with van der Waals surface area (Å²) in [6.07, 6.45) is 0.721. The number of aliphatic imine (C=N–C) groups is 1. The van der Waals surface area contributed by atoms with Gasteiger partial charge in [0.2, 0.25) is 0 Å². The molecule has 0 heterocycles. The molecule has 0 spiro atoms. The largest absolute Gasteiger partial charge is 0.357 e. The van der Waals surface area contributed by atoms with Gasteiger partial charge in [-0.2, -0.15) is 0 Å². The molecular weight excluding hydrogens is 503 g/mol. The fourth-order valence-electron chi connectivity index (χ4n) is 2.37. The first kappa shape index (κ1) is 27.6. The topological polar surface area (TPSA) is 90.9 Å². The van der Waals surface area contributed by atoms with E-state index in [0.29, 0.717) is 24.6 Å². The van der Waals surface area contributed by atoms with Crippen LogP contribution in [-0.4, -0.2) is 69.4 Å². The van der Waals surface area contributed by atoms with E-state index in [1.54, 1.807) is 45.8 Å². The van der Waals surface area contributed by atoms with Gasteiger partial charge in [0.1, 0.15) is 0 Å². The van der Waals surface area contributed by atoms with Crippen molar-refractivity contribution in [2.24, 2.45) is 4.99 Å². The fraction of sp³-hybridized carbons (Fsp3) is 0.600. The number of rotatable bonds is 8. The summed E-state index contributed by atoms with van der Waals surface area (Å²) in [5, 5.41) is 6.34. The van der Waals surface area contributed by atoms with Gasteiger partial charge in [-0.25, -0.2) is 8.42 Å². The number of benzene rings is 1. The Morgan fingerprint density at radius 2 is 1.83 bits per heavy atom. The summed E-state index contributed by atoms with van der Waals surface area (Å²) in [5.74, 6) is 0.582. The van der Waals surface area contributed by atoms with Gasteiger partial charge >= 0.3 is 0 Å². The Morgan fingerprint density at radius 1 is 1.17 bits per heavy atom. The van der Waals surface area contributed by atoms with E-state index >= 15 is 0 Å². The highest BCUT2D eigenvalue weighted by Crippen LogP contribution is 2.15. The zero-order chi connectivity index (χ0) is 21.4. The summed E-state index contributed by atoms with van der Waals surface area (Å²) in [4.78, 5) is 18.0. The third-order valence-corrected chi connectivity index (χ3v) is 6.78. The van der Waals surface area contributed by atoms with Crippen LogP contribution in [0.15, 0.2) is 29.3 Å². The molecule has 1 amide bonds. The zero-order valence-corrected chi connectivity index (χ0v) is 21.4. The highest BCUT2D eigenvalue weighted by atomic mass is 127. The van der Waals surface area contributed by atoms with Crippen LogP contribution < -0.4 is 10.6 Å². The Labute approximate surface area is 192 Å². The van der Waals surface area contributed by atoms with E-state index in [4.69, 9.17) is 0 Å². The maximum Gasteiger partial charge on any atom is 0.253 e. The van der Waals surface area contributed by atoms with Crippen LogP contribution in [0.4, 0.5) is 0 Å². The number of hydrogen-bond donors (Lipinski definition) is 2. The predicted octanol–water partition coefficient (Wildman–Crippen LogP) is 2.32. The lowest BCUT2D eigenvalue weighted by Crippen LogP contribution is -2.39. The van der Waals surface area contributed by atoms with Gasteiger partial charge in [0.25, 0.3) is 5.91 Å². The Bertz CT molecular complexity index is 787. The van der Waals surface area contributed by atoms with Gasteiger partial charge in [0.15, 0.2) is 15.8 Å². The van der Waals surface area contributed by atoms with Gasteiger partial charge < -0.3 is 15.5 Å². The number of halogens is 1. The summed E-state index contributed by atoms with van der Waals surface area (Å²) >= 11 is 0. The third-order valence-electron chi connectivity index (χ3n) is 4.19. The highest BCUT2D eigenvalue weighted by molar-refractivity contribution is 14.0. The molecule has 0 saturated heterocycles. The van der Waals surface area contributed by atoms with Crippen molar-refractivity contribution < 1.29 is 13.2 Å². The van der Waals surface area contributed by atoms with Crippen molar-refractivity contribution in [3.8, 4) is 0 Å². The minimum absolute atomic E-state index is 0. The zero-order valence-electron chi connectivity index (χ0n) is 18.3. The van der Waals surface area contributed by atoms with Gasteiger partial charge in [-0.05, 0) is 51.8 Å². The molecule has 0 saturated carbocycles. The molecule has 29 heavy (non-hydrogen) atoms. The third kappa shape index (κ3) is 9.33. The van der Waals surface area contributed by atoms with Crippen LogP contribution in [0.5, 0.6) is 0 Å². The molecule has 1 aromatic rings. The van der Waals surface area contributed by atoms with E-state index in [0.717, 1.165) is 12.0 Å². The first-order chi connectivity index (χ1) is 13.0. The van der Waals surface area contributed by atoms with Crippen LogP contribution in [0, 0.1) is 0 Å². The van der Waals surface area contributed by atoms with Gasteiger partial charge in [0, 0.05) is 32.7 Å². The quantitative estimate of drug-likeness (QED) is 0.301. The van der Waals surface area contributed by atoms with Crippen LogP contribution in [0.25, 0.3) is 0 Å². The molecular formula is C20H35IN4O3S. The molecule has 1 aromatic carbocycles. The van der Waals surface area contributed by atoms with E-state index in [2.05, 4.69) is 15.6 Å². The summed E-state index contributed by atoms with van der Waals surface area (Å²) < 4.78 is 23.6. The molecule has 2 N–H and O–H groups in total. The second kappa shape index (κ2) is 12.4. The van der Waals surface area contributed by atoms with Crippen molar-refractivity contribution in [1.82, 2.24) is 15.5 Å². The number of carbonyl (C=O) groups is 1. The second-order valence-electron chi connectivity index (χ2n) is 7.77. The lowest BCUT2D eigenvalue weighted by Gasteiger charge is -2.18. The minimum Gasteiger partial charge on any atom is -0.357 e. The summed E-state index contributed by atoms with van der Waals surface area (Å²) in [6, 6.07) is 7.56. The number of carbonyl (C=O) groups excluding carboxylic acids is 1. The monoisotopic (exact) mass is 538 g/mol. The van der Waals surface area contributed by atoms with Crippen molar-refractivity contribution in [2.45, 2.75) is 38.9 Å². The van der Waals surface area contributed by atoms with Crippen LogP contribution >= 0.6 is 24.0 Å². The Hall–Kier alpha value is -1.36. The maximum atomic E-state index is 12.2. The van der Waals surface area contributed by atoms with E-state index in [-0.39, 0.29) is 42.2 Å². The predicted molar refractivity (Wildman–Crippen MR) is 131 cm³/mol. The first-order valence-electron chi connectivity index (χ1n) is 9.53. The first-order valence-corrected chi connectivity index (χ1v) is 11.2. The fourth-order valence-corrected chi connectivity index (χ4v) is 3.31. The van der Waals surface area contributed by atoms with Crippen LogP contribution in [0.3, 0.4) is 0 Å². The Kier molecular flexibility index (Phi) is 11.8. The highest BCUT2D eigenvalue weighted by Gasteiger charge is 2.28. The standard InChI is InChI=1S/C20H34N4O3S.HI/c1-7-21-19(23-13-14-28(26,27)20(2,3)4)22-12-11-16-9-8-10-17(15-16)18(25)24(5)6;/h8-10,15H,7,11-14H2,1-6H3,(H2,21,22,23);1H. The van der Waals surface area contributed by atoms with Gasteiger partial charge in [-0.3, -0.25) is 9.79 Å². The minimum atomic E-state index is -3.19. The van der Waals surface area contributed by atoms with E-state index < -0.39 is 14.6 Å². The summed E-state index contributed by atoms with van der Waals surface area (Å²) in [6.45, 7) is 8.57. The molecule has 1 rings (SSSR count). The van der Waals surface area contributed by atoms with Crippen molar-refractivity contribution in [2.75, 3.05) is 39.5 Å². The number of hydrogen-bond acceptors (Lipinski definition) is 4. The Morgan fingerprint density at radius 3 is 2.38 bits per heavy atom. The van der Waals surface area contributed by atoms with E-state index in [9.17, 15) is 13.2 Å². The second-order valence-corrected chi connectivity index (χ2v) is 10.6. The smallest absolute Gasteiger partial charge is 0.253 e. The number of amides is 1. The number of sulfone groups is 1. The summed E-state index contributed by atoms with van der Waals surface area (Å²) in [5.41, 5.74) is 1.71. The molecule has 0 unspecified atom stereocenters. The normalized spacial score (nSPS) is 12.1. The van der Waals surface area contributed by atoms with Gasteiger partial charge in [0.05, 0.1) is 17.0 Å². The number of guanidine groups is 1. The molecule has 0 aromatic heterocycles. The lowest BCUT2D eigenvalue weighted by atomic mass is 10.1. The SMILES string of the molecule is CCNC(=NCCS(=O)(=O)C(C)(C)C)NCCc1cccc(C(=O)N(C)C)c1.I. The molecule has 7 nitrogen and oxygen atoms in total. The van der Waals surface area contributed by atoms with Crippen LogP contribution in [0.1, 0.15) is 43.6 Å². The molecule has 0 aliphatic heterocycles. The lowest BCUT2D eigenvalue weighted by molar-refractivity contribution is 0.0827. The van der Waals surface area contributed by atoms with Crippen LogP contribution in [0.2, 0.25) is 0 Å². The van der Waals surface area contributed by atoms with E-state index in [1.807, 2.05) is 25.1 Å². The van der Waals surface area contributed by atoms with Crippen molar-refractivity contribution >= 4 is 45.7 Å². The molecule has 166 valence electrons. The average molecular weight is 538 g/mol. The van der Waals surface area contributed by atoms with E-state index in [1.165, 1.54) is 0 Å². The summed E-state index contributed by atoms with van der Waals surface area (Å²) in [7, 11) is 0.273. The van der Waals surface area contributed by atoms with Gasteiger partial charge in [-0.15, -0.1) is 24.0 Å². The Balaban J connectivity index is 0.00000784. The molecule has 0 aliphatic rings. The number of nitrogens with zero attached hydrogens (tertiary/aromatic N) is 2. The van der Waals surface area contributed by atoms with Crippen molar-refractivity contribution in [3.05, 3.63) is 35.4 Å². The average Bonchev–Trinajstić information content (AvgIpc) is 2.60. The molecule has 0 bridgehead atoms. The number of nitrogens with one attached hydrogen (secondary N) is 2. The molecule has 9 heteroatoms. The molecule has 0 fully saturated rings. The molecule has 0 radical (unpaired) electrons. The molecule has 0 atom stereocenters. The van der Waals surface area contributed by atoms with Gasteiger partial charge in [-0.1, -0.05) is 12.1 Å². The van der Waals surface area contributed by atoms with Crippen molar-refractivity contribution in [3.63, 3.8) is 0 Å². The maximum absolute atomic E-state index is 12.2.